The van der Waals surface area contributed by atoms with Crippen LogP contribution in [-0.4, -0.2) is 31.8 Å². The molecule has 0 saturated heterocycles. The summed E-state index contributed by atoms with van der Waals surface area (Å²) in [6.45, 7) is 3.75. The summed E-state index contributed by atoms with van der Waals surface area (Å²) in [6.07, 6.45) is 5.62. The second-order valence-electron chi connectivity index (χ2n) is 8.43. The molecule has 0 aromatic heterocycles. The van der Waals surface area contributed by atoms with E-state index in [2.05, 4.69) is 19.1 Å². The number of carbonyl (C=O) groups excluding carboxylic acids is 1. The Balaban J connectivity index is 1.60. The fourth-order valence-corrected chi connectivity index (χ4v) is 6.17. The van der Waals surface area contributed by atoms with E-state index < -0.39 is 11.2 Å². The maximum atomic E-state index is 11.5. The van der Waals surface area contributed by atoms with E-state index in [-0.39, 0.29) is 23.6 Å². The van der Waals surface area contributed by atoms with Crippen molar-refractivity contribution in [2.45, 2.75) is 76.9 Å². The Morgan fingerprint density at radius 3 is 2.63 bits per heavy atom. The van der Waals surface area contributed by atoms with Crippen LogP contribution in [0.4, 0.5) is 0 Å². The van der Waals surface area contributed by atoms with E-state index in [4.69, 9.17) is 22.6 Å². The second kappa shape index (κ2) is 6.74. The first kappa shape index (κ1) is 19.2. The van der Waals surface area contributed by atoms with Gasteiger partial charge in [-0.05, 0) is 66.7 Å². The summed E-state index contributed by atoms with van der Waals surface area (Å²) in [6, 6.07) is 4.32. The van der Waals surface area contributed by atoms with Gasteiger partial charge in [0.05, 0.1) is 6.10 Å². The molecule has 150 valence electrons. The van der Waals surface area contributed by atoms with Crippen LogP contribution in [0.1, 0.15) is 67.7 Å². The molecule has 2 unspecified atom stereocenters. The van der Waals surface area contributed by atoms with Crippen molar-refractivity contribution in [2.75, 3.05) is 0 Å². The molecule has 3 N–H and O–H groups in total. The summed E-state index contributed by atoms with van der Waals surface area (Å²) >= 11 is -3.92. The average Bonchev–Trinajstić information content (AvgIpc) is 2.89. The summed E-state index contributed by atoms with van der Waals surface area (Å²) in [5.74, 6) is 0.216. The Morgan fingerprint density at radius 1 is 1.15 bits per heavy atom. The van der Waals surface area contributed by atoms with Crippen molar-refractivity contribution < 1.29 is 27.4 Å². The van der Waals surface area contributed by atoms with Crippen LogP contribution in [0.5, 0.6) is 0 Å². The summed E-state index contributed by atoms with van der Waals surface area (Å²) in [4.78, 5) is 11.5. The minimum atomic E-state index is -3.92. The van der Waals surface area contributed by atoms with Gasteiger partial charge in [0, 0.05) is 18.8 Å². The molecule has 4 atom stereocenters. The molecule has 0 amide bonds. The molecule has 0 bridgehead atoms. The second-order valence-corrected chi connectivity index (χ2v) is 9.56. The fourth-order valence-electron chi connectivity index (χ4n) is 5.64. The number of hydrogen-bond acceptors (Lipinski definition) is 6. The lowest BCUT2D eigenvalue weighted by atomic mass is 9.64. The van der Waals surface area contributed by atoms with E-state index in [9.17, 15) is 4.79 Å². The summed E-state index contributed by atoms with van der Waals surface area (Å²) < 4.78 is 38.2. The number of hydrogen-bond donors (Lipinski definition) is 3. The molecule has 3 aliphatic rings. The van der Waals surface area contributed by atoms with Gasteiger partial charge in [0.15, 0.2) is 0 Å². The number of ether oxygens (including phenoxy) is 1. The average molecular weight is 397 g/mol. The van der Waals surface area contributed by atoms with E-state index in [1.165, 1.54) is 29.2 Å². The minimum absolute atomic E-state index is 0.000841. The monoisotopic (exact) mass is 396 g/mol. The van der Waals surface area contributed by atoms with Gasteiger partial charge in [-0.25, -0.2) is 0 Å². The van der Waals surface area contributed by atoms with Gasteiger partial charge in [0.25, 0.3) is 0 Å². The quantitative estimate of drug-likeness (QED) is 0.653. The third-order valence-electron chi connectivity index (χ3n) is 6.84. The molecule has 1 fully saturated rings. The summed E-state index contributed by atoms with van der Waals surface area (Å²) in [7, 11) is 0. The topological polar surface area (TPSA) is 96.2 Å². The molecule has 1 saturated carbocycles. The maximum Gasteiger partial charge on any atom is 0.302 e. The van der Waals surface area contributed by atoms with E-state index in [0.29, 0.717) is 18.8 Å². The highest BCUT2D eigenvalue weighted by Crippen LogP contribution is 2.57. The zero-order valence-corrected chi connectivity index (χ0v) is 16.6. The van der Waals surface area contributed by atoms with Crippen LogP contribution in [0.25, 0.3) is 0 Å². The Kier molecular flexibility index (Phi) is 4.79. The lowest BCUT2D eigenvalue weighted by Gasteiger charge is -2.42. The number of fused-ring (bicyclic) bond motifs is 5. The first-order valence-electron chi connectivity index (χ1n) is 9.67. The van der Waals surface area contributed by atoms with E-state index in [1.807, 2.05) is 0 Å². The third kappa shape index (κ3) is 3.51. The number of carbonyl (C=O) groups is 1. The SMILES string of the molecule is CC(=O)O[C@@H]1CCC2c3ccc4c(c3CCC21C)CC[C@H](OS(O)(O)O)C4. The Morgan fingerprint density at radius 2 is 1.93 bits per heavy atom. The summed E-state index contributed by atoms with van der Waals surface area (Å²) in [5.41, 5.74) is 5.35. The standard InChI is InChI=1S/C20H28O6S/c1-12(21)25-19-8-7-18-17-5-3-13-11-14(26-27(22,23)24)4-6-15(13)16(17)9-10-20(18,19)2/h3,5,14,18-19,22-24H,4,6-11H2,1-2H3/t14-,18?,19+,20?/m0/s1. The Labute approximate surface area is 161 Å². The summed E-state index contributed by atoms with van der Waals surface area (Å²) in [5, 5.41) is 0. The Hall–Kier alpha value is -1.12. The molecule has 1 aromatic rings. The van der Waals surface area contributed by atoms with Gasteiger partial charge in [-0.2, -0.15) is 0 Å². The lowest BCUT2D eigenvalue weighted by Crippen LogP contribution is -2.38. The van der Waals surface area contributed by atoms with Crippen LogP contribution in [0.15, 0.2) is 12.1 Å². The van der Waals surface area contributed by atoms with Crippen LogP contribution in [0.2, 0.25) is 0 Å². The minimum Gasteiger partial charge on any atom is -0.462 e. The van der Waals surface area contributed by atoms with Crippen molar-refractivity contribution in [3.8, 4) is 0 Å². The molecule has 0 aliphatic heterocycles. The number of benzene rings is 1. The van der Waals surface area contributed by atoms with Crippen molar-refractivity contribution in [3.63, 3.8) is 0 Å². The van der Waals surface area contributed by atoms with E-state index in [0.717, 1.165) is 32.1 Å². The molecule has 0 radical (unpaired) electrons. The molecule has 27 heavy (non-hydrogen) atoms. The van der Waals surface area contributed by atoms with E-state index in [1.54, 1.807) is 0 Å². The smallest absolute Gasteiger partial charge is 0.302 e. The molecule has 6 nitrogen and oxygen atoms in total. The highest BCUT2D eigenvalue weighted by Gasteiger charge is 2.51. The van der Waals surface area contributed by atoms with Crippen molar-refractivity contribution in [1.29, 1.82) is 0 Å². The lowest BCUT2D eigenvalue weighted by molar-refractivity contribution is -0.152. The number of esters is 1. The highest BCUT2D eigenvalue weighted by molar-refractivity contribution is 8.15. The number of rotatable bonds is 3. The van der Waals surface area contributed by atoms with Gasteiger partial charge in [-0.1, -0.05) is 19.1 Å². The molecular formula is C20H28O6S. The van der Waals surface area contributed by atoms with Crippen molar-refractivity contribution in [3.05, 3.63) is 34.4 Å². The fraction of sp³-hybridized carbons (Fsp3) is 0.650. The molecule has 1 aromatic carbocycles. The van der Waals surface area contributed by atoms with Crippen LogP contribution >= 0.6 is 11.2 Å². The first-order valence-corrected chi connectivity index (χ1v) is 11.1. The molecule has 7 heteroatoms. The Bertz CT molecular complexity index is 758. The molecule has 0 heterocycles. The highest BCUT2D eigenvalue weighted by atomic mass is 32.3. The molecular weight excluding hydrogens is 368 g/mol. The molecule has 3 aliphatic carbocycles. The van der Waals surface area contributed by atoms with Crippen LogP contribution in [0, 0.1) is 5.41 Å². The van der Waals surface area contributed by atoms with Gasteiger partial charge in [0.1, 0.15) is 6.10 Å². The van der Waals surface area contributed by atoms with Crippen LogP contribution in [-0.2, 0) is 33.0 Å². The van der Waals surface area contributed by atoms with Gasteiger partial charge in [-0.15, -0.1) is 0 Å². The third-order valence-corrected chi connectivity index (χ3v) is 7.37. The van der Waals surface area contributed by atoms with Crippen molar-refractivity contribution in [2.24, 2.45) is 5.41 Å². The van der Waals surface area contributed by atoms with E-state index >= 15 is 0 Å². The van der Waals surface area contributed by atoms with Crippen molar-refractivity contribution >= 4 is 17.1 Å². The van der Waals surface area contributed by atoms with Gasteiger partial charge >= 0.3 is 5.97 Å². The van der Waals surface area contributed by atoms with Crippen LogP contribution in [0.3, 0.4) is 0 Å². The predicted molar refractivity (Wildman–Crippen MR) is 103 cm³/mol. The molecule has 0 spiro atoms. The van der Waals surface area contributed by atoms with Crippen molar-refractivity contribution in [1.82, 2.24) is 0 Å². The normalized spacial score (nSPS) is 33.0. The zero-order chi connectivity index (χ0) is 19.4. The molecule has 4 rings (SSSR count). The maximum absolute atomic E-state index is 11.5. The van der Waals surface area contributed by atoms with Gasteiger partial charge in [0.2, 0.25) is 11.2 Å². The zero-order valence-electron chi connectivity index (χ0n) is 15.8. The largest absolute Gasteiger partial charge is 0.462 e. The van der Waals surface area contributed by atoms with Gasteiger partial charge in [-0.3, -0.25) is 22.6 Å². The first-order chi connectivity index (χ1) is 12.7. The predicted octanol–water partition coefficient (Wildman–Crippen LogP) is 4.46. The van der Waals surface area contributed by atoms with Gasteiger partial charge < -0.3 is 4.74 Å². The van der Waals surface area contributed by atoms with Crippen LogP contribution < -0.4 is 0 Å².